The molecule has 1 amide bonds. The van der Waals surface area contributed by atoms with Crippen LogP contribution in [-0.4, -0.2) is 13.0 Å². The molecule has 0 aromatic heterocycles. The summed E-state index contributed by atoms with van der Waals surface area (Å²) in [6.45, 7) is 1.37. The number of anilines is 1. The number of carbonyl (C=O) groups is 1. The first-order valence-electron chi connectivity index (χ1n) is 4.53. The van der Waals surface area contributed by atoms with E-state index >= 15 is 0 Å². The zero-order valence-electron chi connectivity index (χ0n) is 10.2. The number of amides is 1. The second-order valence-electron chi connectivity index (χ2n) is 2.99. The minimum Gasteiger partial charge on any atom is -0.754 e. The van der Waals surface area contributed by atoms with E-state index in [-0.39, 0.29) is 41.2 Å². The van der Waals surface area contributed by atoms with Gasteiger partial charge in [-0.1, -0.05) is 0 Å². The molecule has 0 radical (unpaired) electrons. The Hall–Kier alpha value is -0.400. The summed E-state index contributed by atoms with van der Waals surface area (Å²) in [6, 6.07) is 5.92. The average molecular weight is 283 g/mol. The predicted octanol–water partition coefficient (Wildman–Crippen LogP) is -1.93. The molecule has 18 heavy (non-hydrogen) atoms. The third-order valence-electron chi connectivity index (χ3n) is 1.62. The van der Waals surface area contributed by atoms with Gasteiger partial charge in [0.05, 0.1) is 0 Å². The van der Waals surface area contributed by atoms with Crippen LogP contribution in [0, 0.1) is 0 Å². The van der Waals surface area contributed by atoms with Gasteiger partial charge < -0.3 is 19.6 Å². The number of phosphoric acid groups is 1. The molecule has 0 aliphatic heterocycles. The van der Waals surface area contributed by atoms with Crippen molar-refractivity contribution in [1.82, 2.24) is 0 Å². The molecule has 7 nitrogen and oxygen atoms in total. The molecule has 94 valence electrons. The molecule has 0 heterocycles. The Morgan fingerprint density at radius 2 is 1.89 bits per heavy atom. The number of nitrogens with one attached hydrogen (secondary N) is 1. The summed E-state index contributed by atoms with van der Waals surface area (Å²) in [5, 5.41) is 2.54. The molecule has 0 saturated carbocycles. The van der Waals surface area contributed by atoms with Crippen molar-refractivity contribution in [1.29, 1.82) is 0 Å². The van der Waals surface area contributed by atoms with Gasteiger partial charge in [0.2, 0.25) is 5.91 Å². The molecule has 1 rings (SSSR count). The summed E-state index contributed by atoms with van der Waals surface area (Å²) >= 11 is 0. The first-order valence-corrected chi connectivity index (χ1v) is 6.00. The van der Waals surface area contributed by atoms with Crippen LogP contribution < -0.4 is 44.7 Å². The Bertz CT molecular complexity index is 437. The molecule has 0 fully saturated rings. The fourth-order valence-corrected chi connectivity index (χ4v) is 1.15. The predicted molar refractivity (Wildman–Crippen MR) is 57.1 cm³/mol. The maximum atomic E-state index is 10.8. The van der Waals surface area contributed by atoms with E-state index in [1.165, 1.54) is 31.2 Å². The third kappa shape index (κ3) is 6.51. The quantitative estimate of drug-likeness (QED) is 0.293. The monoisotopic (exact) mass is 283 g/mol. The molecule has 0 bridgehead atoms. The molecular formula is C9H11NNaO6P. The van der Waals surface area contributed by atoms with Crippen LogP contribution in [0.2, 0.25) is 0 Å². The van der Waals surface area contributed by atoms with Gasteiger partial charge in [0.1, 0.15) is 0 Å². The standard InChI is InChI=1S/C9H12NO6P.Na/c1-7(11)10-8-3-5-9(6-4-8)15-16-17(12,13)14-2;/h3-6H,1-2H3,(H,10,11)(H,12,13);/q;+1/p-1. The normalized spacial score (nSPS) is 13.1. The van der Waals surface area contributed by atoms with Crippen LogP contribution in [0.3, 0.4) is 0 Å². The maximum Gasteiger partial charge on any atom is 1.00 e. The van der Waals surface area contributed by atoms with Crippen LogP contribution >= 0.6 is 7.82 Å². The largest absolute Gasteiger partial charge is 1.00 e. The van der Waals surface area contributed by atoms with Crippen molar-refractivity contribution < 1.29 is 57.9 Å². The zero-order valence-corrected chi connectivity index (χ0v) is 13.1. The second-order valence-corrected chi connectivity index (χ2v) is 4.40. The molecule has 0 aliphatic carbocycles. The molecule has 0 spiro atoms. The van der Waals surface area contributed by atoms with E-state index < -0.39 is 7.82 Å². The van der Waals surface area contributed by atoms with E-state index in [0.29, 0.717) is 5.69 Å². The van der Waals surface area contributed by atoms with Crippen LogP contribution in [-0.2, 0) is 18.6 Å². The van der Waals surface area contributed by atoms with Gasteiger partial charge in [0.25, 0.3) is 0 Å². The minimum atomic E-state index is -4.42. The fraction of sp³-hybridized carbons (Fsp3) is 0.222. The van der Waals surface area contributed by atoms with Crippen molar-refractivity contribution in [2.24, 2.45) is 0 Å². The molecule has 0 saturated heterocycles. The van der Waals surface area contributed by atoms with Gasteiger partial charge in [-0.3, -0.25) is 9.36 Å². The van der Waals surface area contributed by atoms with E-state index in [1.54, 1.807) is 0 Å². The average Bonchev–Trinajstić information content (AvgIpc) is 2.28. The van der Waals surface area contributed by atoms with E-state index in [9.17, 15) is 14.3 Å². The Morgan fingerprint density at radius 3 is 2.33 bits per heavy atom. The van der Waals surface area contributed by atoms with E-state index in [4.69, 9.17) is 0 Å². The molecule has 1 atom stereocenters. The van der Waals surface area contributed by atoms with Gasteiger partial charge in [-0.25, -0.2) is 0 Å². The van der Waals surface area contributed by atoms with Crippen molar-refractivity contribution in [3.63, 3.8) is 0 Å². The zero-order chi connectivity index (χ0) is 12.9. The van der Waals surface area contributed by atoms with Gasteiger partial charge in [0, 0.05) is 19.7 Å². The minimum absolute atomic E-state index is 0. The Labute approximate surface area is 126 Å². The van der Waals surface area contributed by atoms with Gasteiger partial charge in [-0.2, -0.15) is 0 Å². The molecule has 1 N–H and O–H groups in total. The smallest absolute Gasteiger partial charge is 0.754 e. The summed E-state index contributed by atoms with van der Waals surface area (Å²) in [6.07, 6.45) is 0. The molecular weight excluding hydrogens is 272 g/mol. The number of hydrogen-bond acceptors (Lipinski definition) is 6. The second kappa shape index (κ2) is 7.91. The van der Waals surface area contributed by atoms with Crippen LogP contribution in [0.4, 0.5) is 5.69 Å². The number of rotatable bonds is 5. The summed E-state index contributed by atoms with van der Waals surface area (Å²) in [7, 11) is -3.46. The number of carbonyl (C=O) groups excluding carboxylic acids is 1. The van der Waals surface area contributed by atoms with Crippen LogP contribution in [0.5, 0.6) is 5.75 Å². The van der Waals surface area contributed by atoms with Crippen molar-refractivity contribution in [3.8, 4) is 5.75 Å². The first-order chi connectivity index (χ1) is 7.93. The summed E-state index contributed by atoms with van der Waals surface area (Å²) in [5.74, 6) is -0.0504. The Balaban J connectivity index is 0.00000289. The van der Waals surface area contributed by atoms with Crippen molar-refractivity contribution in [2.45, 2.75) is 6.92 Å². The van der Waals surface area contributed by atoms with Crippen molar-refractivity contribution in [2.75, 3.05) is 12.4 Å². The molecule has 0 aliphatic rings. The van der Waals surface area contributed by atoms with Gasteiger partial charge in [-0.15, -0.1) is 4.67 Å². The number of phosphoric ester groups is 1. The maximum absolute atomic E-state index is 10.8. The number of benzene rings is 1. The molecule has 1 aromatic rings. The Kier molecular flexibility index (Phi) is 7.73. The summed E-state index contributed by atoms with van der Waals surface area (Å²) in [4.78, 5) is 26.0. The summed E-state index contributed by atoms with van der Waals surface area (Å²) < 4.78 is 18.9. The molecule has 9 heteroatoms. The first kappa shape index (κ1) is 17.6. The van der Waals surface area contributed by atoms with Gasteiger partial charge in [-0.05, 0) is 24.3 Å². The van der Waals surface area contributed by atoms with Gasteiger partial charge in [0.15, 0.2) is 5.75 Å². The van der Waals surface area contributed by atoms with Crippen LogP contribution in [0.15, 0.2) is 24.3 Å². The molecule has 1 unspecified atom stereocenters. The third-order valence-corrected chi connectivity index (χ3v) is 2.33. The Morgan fingerprint density at radius 1 is 1.33 bits per heavy atom. The topological polar surface area (TPSA) is 96.9 Å². The summed E-state index contributed by atoms with van der Waals surface area (Å²) in [5.41, 5.74) is 0.557. The van der Waals surface area contributed by atoms with E-state index in [2.05, 4.69) is 19.4 Å². The van der Waals surface area contributed by atoms with Crippen molar-refractivity contribution in [3.05, 3.63) is 24.3 Å². The van der Waals surface area contributed by atoms with E-state index in [0.717, 1.165) is 7.11 Å². The van der Waals surface area contributed by atoms with E-state index in [1.807, 2.05) is 0 Å². The van der Waals surface area contributed by atoms with Gasteiger partial charge >= 0.3 is 37.4 Å². The van der Waals surface area contributed by atoms with Crippen LogP contribution in [0.1, 0.15) is 6.92 Å². The van der Waals surface area contributed by atoms with Crippen molar-refractivity contribution >= 4 is 19.4 Å². The van der Waals surface area contributed by atoms with Crippen LogP contribution in [0.25, 0.3) is 0 Å². The SMILES string of the molecule is COP(=O)([O-])OOc1ccc(NC(C)=O)cc1.[Na+]. The molecule has 1 aromatic carbocycles. The number of hydrogen-bond donors (Lipinski definition) is 1. The fourth-order valence-electron chi connectivity index (χ4n) is 0.916.